The molecule has 0 radical (unpaired) electrons. The molecule has 1 aromatic heterocycles. The van der Waals surface area contributed by atoms with Gasteiger partial charge in [-0.25, -0.2) is 9.37 Å². The Kier molecular flexibility index (Phi) is 8.37. The van der Waals surface area contributed by atoms with E-state index in [0.29, 0.717) is 17.3 Å². The number of nitrogens with zero attached hydrogens (tertiary/aromatic N) is 2. The minimum absolute atomic E-state index is 0. The van der Waals surface area contributed by atoms with Crippen molar-refractivity contribution >= 4 is 36.6 Å². The molecule has 0 saturated carbocycles. The van der Waals surface area contributed by atoms with Crippen molar-refractivity contribution in [2.24, 2.45) is 0 Å². The largest absolute Gasteiger partial charge is 0.396 e. The number of aliphatic hydroxyl groups is 2. The Morgan fingerprint density at radius 1 is 1.12 bits per heavy atom. The summed E-state index contributed by atoms with van der Waals surface area (Å²) in [6.07, 6.45) is 1.87. The molecule has 32 heavy (non-hydrogen) atoms. The first kappa shape index (κ1) is 24.3. The smallest absolute Gasteiger partial charge is 0.141 e. The van der Waals surface area contributed by atoms with Gasteiger partial charge in [-0.15, -0.1) is 0 Å². The van der Waals surface area contributed by atoms with Crippen LogP contribution in [-0.4, -0.2) is 40.9 Å². The van der Waals surface area contributed by atoms with Crippen LogP contribution < -0.4 is 10.2 Å². The van der Waals surface area contributed by atoms with Gasteiger partial charge in [0.05, 0.1) is 6.20 Å². The molecule has 2 heterocycles. The molecule has 1 saturated heterocycles. The topological polar surface area (TPSA) is 68.6 Å². The Bertz CT molecular complexity index is 1020. The Labute approximate surface area is 199 Å². The summed E-state index contributed by atoms with van der Waals surface area (Å²) in [6.45, 7) is 1.66. The van der Waals surface area contributed by atoms with Gasteiger partial charge in [0.25, 0.3) is 0 Å². The van der Waals surface area contributed by atoms with Crippen LogP contribution in [0.25, 0.3) is 0 Å². The molecule has 2 aromatic carbocycles. The third kappa shape index (κ3) is 5.72. The fourth-order valence-electron chi connectivity index (χ4n) is 4.01. The van der Waals surface area contributed by atoms with E-state index in [1.807, 2.05) is 30.3 Å². The Morgan fingerprint density at radius 3 is 2.56 bits per heavy atom. The number of pyridine rings is 1. The molecular weight excluding hydrogens is 449 g/mol. The molecule has 0 bridgehead atoms. The molecule has 0 aliphatic carbocycles. The van der Waals surface area contributed by atoms with E-state index in [0.717, 1.165) is 41.9 Å². The van der Waals surface area contributed by atoms with Gasteiger partial charge in [0.15, 0.2) is 0 Å². The van der Waals surface area contributed by atoms with Crippen molar-refractivity contribution in [2.75, 3.05) is 29.9 Å². The first-order chi connectivity index (χ1) is 15.0. The van der Waals surface area contributed by atoms with E-state index >= 15 is 0 Å². The van der Waals surface area contributed by atoms with Crippen LogP contribution in [0.5, 0.6) is 0 Å². The van der Waals surface area contributed by atoms with E-state index in [-0.39, 0.29) is 32.0 Å². The summed E-state index contributed by atoms with van der Waals surface area (Å²) < 4.78 is 13.1. The summed E-state index contributed by atoms with van der Waals surface area (Å²) in [5.74, 6) is 0.304. The average Bonchev–Trinajstić information content (AvgIpc) is 3.24. The molecule has 1 aliphatic rings. The van der Waals surface area contributed by atoms with E-state index in [9.17, 15) is 14.6 Å². The van der Waals surface area contributed by atoms with Gasteiger partial charge >= 0.3 is 0 Å². The zero-order chi connectivity index (χ0) is 21.8. The number of aliphatic hydroxyl groups excluding tert-OH is 2. The van der Waals surface area contributed by atoms with Crippen LogP contribution in [0, 0.1) is 5.82 Å². The molecular formula is C24H27ClFN3O2S. The van der Waals surface area contributed by atoms with Crippen molar-refractivity contribution < 1.29 is 14.6 Å². The highest BCUT2D eigenvalue weighted by atomic mass is 35.5. The second-order valence-electron chi connectivity index (χ2n) is 7.75. The standard InChI is InChI=1S/C24H25ClFN3O2.H2S/c25-19-4-1-16(2-5-19)24(31)18-3-7-22(17(13-18)10-12-30)29-11-9-21(15-29)28-23-8-6-20(26)14-27-23;/h1-8,13-14,21,24,30-31H,9-12,15H2,(H,27,28);1H2/t21-,24?;/m0./s1. The minimum Gasteiger partial charge on any atom is -0.396 e. The fourth-order valence-corrected chi connectivity index (χ4v) is 4.14. The van der Waals surface area contributed by atoms with E-state index in [4.69, 9.17) is 11.6 Å². The van der Waals surface area contributed by atoms with Crippen molar-refractivity contribution in [1.29, 1.82) is 0 Å². The Balaban J connectivity index is 0.00000289. The number of hydrogen-bond acceptors (Lipinski definition) is 5. The number of benzene rings is 2. The van der Waals surface area contributed by atoms with Crippen LogP contribution in [0.2, 0.25) is 5.02 Å². The summed E-state index contributed by atoms with van der Waals surface area (Å²) in [5, 5.41) is 24.4. The maximum atomic E-state index is 13.1. The lowest BCUT2D eigenvalue weighted by Crippen LogP contribution is -2.27. The highest BCUT2D eigenvalue weighted by Crippen LogP contribution is 2.31. The van der Waals surface area contributed by atoms with Gasteiger partial charge in [-0.1, -0.05) is 35.9 Å². The van der Waals surface area contributed by atoms with Gasteiger partial charge in [0.2, 0.25) is 0 Å². The highest BCUT2D eigenvalue weighted by molar-refractivity contribution is 7.59. The summed E-state index contributed by atoms with van der Waals surface area (Å²) in [5.41, 5.74) is 3.59. The van der Waals surface area contributed by atoms with Crippen LogP contribution in [-0.2, 0) is 6.42 Å². The first-order valence-electron chi connectivity index (χ1n) is 10.3. The number of aromatic nitrogens is 1. The Hall–Kier alpha value is -2.32. The zero-order valence-corrected chi connectivity index (χ0v) is 19.3. The summed E-state index contributed by atoms with van der Waals surface area (Å²) in [4.78, 5) is 6.35. The number of nitrogens with one attached hydrogen (secondary N) is 1. The van der Waals surface area contributed by atoms with Gasteiger partial charge < -0.3 is 20.4 Å². The van der Waals surface area contributed by atoms with Gasteiger partial charge in [0.1, 0.15) is 17.7 Å². The quantitative estimate of drug-likeness (QED) is 0.475. The minimum atomic E-state index is -0.763. The lowest BCUT2D eigenvalue weighted by atomic mass is 9.97. The lowest BCUT2D eigenvalue weighted by molar-refractivity contribution is 0.220. The average molecular weight is 476 g/mol. The third-order valence-electron chi connectivity index (χ3n) is 5.59. The molecule has 170 valence electrons. The maximum Gasteiger partial charge on any atom is 0.141 e. The molecule has 0 spiro atoms. The number of hydrogen-bond donors (Lipinski definition) is 3. The van der Waals surface area contributed by atoms with Crippen molar-refractivity contribution in [3.05, 3.63) is 88.3 Å². The van der Waals surface area contributed by atoms with Crippen molar-refractivity contribution in [3.63, 3.8) is 0 Å². The Morgan fingerprint density at radius 2 is 1.88 bits per heavy atom. The monoisotopic (exact) mass is 475 g/mol. The molecule has 5 nitrogen and oxygen atoms in total. The highest BCUT2D eigenvalue weighted by Gasteiger charge is 2.25. The number of rotatable bonds is 7. The zero-order valence-electron chi connectivity index (χ0n) is 17.5. The summed E-state index contributed by atoms with van der Waals surface area (Å²) in [6, 6.07) is 16.3. The number of anilines is 2. The molecule has 1 aliphatic heterocycles. The third-order valence-corrected chi connectivity index (χ3v) is 5.85. The van der Waals surface area contributed by atoms with Crippen LogP contribution in [0.15, 0.2) is 60.8 Å². The number of halogens is 2. The second kappa shape index (κ2) is 11.0. The molecule has 3 aromatic rings. The molecule has 0 amide bonds. The van der Waals surface area contributed by atoms with Crippen LogP contribution in [0.1, 0.15) is 29.2 Å². The molecule has 1 fully saturated rings. The second-order valence-corrected chi connectivity index (χ2v) is 8.19. The molecule has 8 heteroatoms. The summed E-state index contributed by atoms with van der Waals surface area (Å²) >= 11 is 5.95. The predicted molar refractivity (Wildman–Crippen MR) is 132 cm³/mol. The lowest BCUT2D eigenvalue weighted by Gasteiger charge is -2.24. The van der Waals surface area contributed by atoms with Crippen molar-refractivity contribution in [3.8, 4) is 0 Å². The van der Waals surface area contributed by atoms with Gasteiger partial charge in [-0.3, -0.25) is 0 Å². The summed E-state index contributed by atoms with van der Waals surface area (Å²) in [7, 11) is 0. The van der Waals surface area contributed by atoms with Gasteiger partial charge in [0, 0.05) is 36.4 Å². The first-order valence-corrected chi connectivity index (χ1v) is 10.7. The van der Waals surface area contributed by atoms with Crippen molar-refractivity contribution in [1.82, 2.24) is 4.98 Å². The van der Waals surface area contributed by atoms with E-state index in [2.05, 4.69) is 15.2 Å². The van der Waals surface area contributed by atoms with E-state index < -0.39 is 6.10 Å². The normalized spacial score (nSPS) is 16.5. The molecule has 3 N–H and O–H groups in total. The van der Waals surface area contributed by atoms with Crippen LogP contribution in [0.3, 0.4) is 0 Å². The SMILES string of the molecule is OCCc1cc(C(O)c2ccc(Cl)cc2)ccc1N1CC[C@H](Nc2ccc(F)cn2)C1.S. The molecule has 4 rings (SSSR count). The van der Waals surface area contributed by atoms with E-state index in [1.165, 1.54) is 12.3 Å². The predicted octanol–water partition coefficient (Wildman–Crippen LogP) is 4.29. The van der Waals surface area contributed by atoms with E-state index in [1.54, 1.807) is 18.2 Å². The molecule has 2 atom stereocenters. The van der Waals surface area contributed by atoms with Gasteiger partial charge in [-0.2, -0.15) is 13.5 Å². The van der Waals surface area contributed by atoms with Crippen molar-refractivity contribution in [2.45, 2.75) is 25.0 Å². The van der Waals surface area contributed by atoms with Gasteiger partial charge in [-0.05, 0) is 59.9 Å². The van der Waals surface area contributed by atoms with Crippen LogP contribution in [0.4, 0.5) is 15.9 Å². The van der Waals surface area contributed by atoms with Crippen LogP contribution >= 0.6 is 25.1 Å². The maximum absolute atomic E-state index is 13.1. The fraction of sp³-hybridized carbons (Fsp3) is 0.292. The molecule has 1 unspecified atom stereocenters.